The standard InChI is InChI=1S/C10H16BrNS2/c1-2-4-13-5-3-12-7-10-6-9(11)8-14-10/h6,8,12H,2-5,7H2,1H3. The van der Waals surface area contributed by atoms with Gasteiger partial charge < -0.3 is 5.32 Å². The van der Waals surface area contributed by atoms with Crippen molar-refractivity contribution in [2.24, 2.45) is 0 Å². The predicted molar refractivity (Wildman–Crippen MR) is 71.3 cm³/mol. The van der Waals surface area contributed by atoms with Gasteiger partial charge in [-0.3, -0.25) is 0 Å². The first kappa shape index (κ1) is 12.6. The summed E-state index contributed by atoms with van der Waals surface area (Å²) < 4.78 is 1.19. The summed E-state index contributed by atoms with van der Waals surface area (Å²) in [7, 11) is 0. The van der Waals surface area contributed by atoms with Gasteiger partial charge in [0, 0.05) is 33.6 Å². The average Bonchev–Trinajstić information content (AvgIpc) is 2.58. The molecule has 1 nitrogen and oxygen atoms in total. The van der Waals surface area contributed by atoms with Crippen molar-refractivity contribution in [3.8, 4) is 0 Å². The van der Waals surface area contributed by atoms with Crippen molar-refractivity contribution in [3.63, 3.8) is 0 Å². The fourth-order valence-corrected chi connectivity index (χ4v) is 3.25. The molecule has 4 heteroatoms. The molecule has 0 bridgehead atoms. The minimum absolute atomic E-state index is 1.00. The normalized spacial score (nSPS) is 10.7. The second kappa shape index (κ2) is 7.74. The Hall–Kier alpha value is 0.490. The van der Waals surface area contributed by atoms with Crippen LogP contribution in [0.4, 0.5) is 0 Å². The molecule has 80 valence electrons. The second-order valence-electron chi connectivity index (χ2n) is 3.02. The van der Waals surface area contributed by atoms with Crippen molar-refractivity contribution < 1.29 is 0 Å². The van der Waals surface area contributed by atoms with Crippen molar-refractivity contribution >= 4 is 39.0 Å². The van der Waals surface area contributed by atoms with Crippen LogP contribution < -0.4 is 5.32 Å². The zero-order valence-corrected chi connectivity index (χ0v) is 11.6. The average molecular weight is 294 g/mol. The van der Waals surface area contributed by atoms with E-state index in [9.17, 15) is 0 Å². The van der Waals surface area contributed by atoms with Crippen molar-refractivity contribution in [2.75, 3.05) is 18.1 Å². The number of thioether (sulfide) groups is 1. The first-order chi connectivity index (χ1) is 6.83. The van der Waals surface area contributed by atoms with E-state index >= 15 is 0 Å². The summed E-state index contributed by atoms with van der Waals surface area (Å²) in [4.78, 5) is 1.40. The molecule has 0 aliphatic rings. The van der Waals surface area contributed by atoms with Crippen LogP contribution >= 0.6 is 39.0 Å². The molecule has 0 fully saturated rings. The van der Waals surface area contributed by atoms with Crippen LogP contribution in [0.2, 0.25) is 0 Å². The van der Waals surface area contributed by atoms with E-state index in [2.05, 4.69) is 39.6 Å². The highest BCUT2D eigenvalue weighted by Gasteiger charge is 1.96. The Morgan fingerprint density at radius 1 is 1.50 bits per heavy atom. The molecule has 0 spiro atoms. The first-order valence-corrected chi connectivity index (χ1v) is 7.67. The van der Waals surface area contributed by atoms with Gasteiger partial charge >= 0.3 is 0 Å². The summed E-state index contributed by atoms with van der Waals surface area (Å²) in [6, 6.07) is 2.18. The number of hydrogen-bond acceptors (Lipinski definition) is 3. The maximum atomic E-state index is 3.45. The zero-order valence-electron chi connectivity index (χ0n) is 8.38. The van der Waals surface area contributed by atoms with E-state index in [0.29, 0.717) is 0 Å². The third-order valence-corrected chi connectivity index (χ3v) is 4.58. The molecule has 0 radical (unpaired) electrons. The molecule has 0 aliphatic heterocycles. The van der Waals surface area contributed by atoms with Crippen molar-refractivity contribution in [2.45, 2.75) is 19.9 Å². The molecule has 1 heterocycles. The molecule has 1 aromatic rings. The predicted octanol–water partition coefficient (Wildman–Crippen LogP) is 3.74. The Kier molecular flexibility index (Phi) is 6.94. The van der Waals surface area contributed by atoms with E-state index in [-0.39, 0.29) is 0 Å². The number of thiophene rings is 1. The van der Waals surface area contributed by atoms with Crippen LogP contribution in [0.5, 0.6) is 0 Å². The van der Waals surface area contributed by atoms with Gasteiger partial charge in [-0.2, -0.15) is 11.8 Å². The summed E-state index contributed by atoms with van der Waals surface area (Å²) in [5.74, 6) is 2.51. The van der Waals surface area contributed by atoms with E-state index in [4.69, 9.17) is 0 Å². The van der Waals surface area contributed by atoms with E-state index in [1.807, 2.05) is 11.8 Å². The topological polar surface area (TPSA) is 12.0 Å². The SMILES string of the molecule is CCCSCCNCc1cc(Br)cs1. The van der Waals surface area contributed by atoms with Crippen LogP contribution in [0.3, 0.4) is 0 Å². The fraction of sp³-hybridized carbons (Fsp3) is 0.600. The van der Waals surface area contributed by atoms with Gasteiger partial charge in [-0.15, -0.1) is 11.3 Å². The van der Waals surface area contributed by atoms with Crippen LogP contribution in [-0.2, 0) is 6.54 Å². The van der Waals surface area contributed by atoms with E-state index in [1.165, 1.54) is 27.3 Å². The molecule has 0 aromatic carbocycles. The van der Waals surface area contributed by atoms with Crippen LogP contribution in [0.15, 0.2) is 15.9 Å². The molecule has 0 amide bonds. The summed E-state index contributed by atoms with van der Waals surface area (Å²) in [5, 5.41) is 5.57. The molecule has 0 atom stereocenters. The molecule has 1 aromatic heterocycles. The molecule has 0 saturated heterocycles. The number of rotatable bonds is 7. The minimum atomic E-state index is 1.00. The second-order valence-corrected chi connectivity index (χ2v) is 6.16. The van der Waals surface area contributed by atoms with Crippen molar-refractivity contribution in [3.05, 3.63) is 20.8 Å². The molecule has 0 unspecified atom stereocenters. The lowest BCUT2D eigenvalue weighted by Gasteiger charge is -2.01. The smallest absolute Gasteiger partial charge is 0.0300 e. The first-order valence-electron chi connectivity index (χ1n) is 4.84. The van der Waals surface area contributed by atoms with Crippen LogP contribution in [0.1, 0.15) is 18.2 Å². The van der Waals surface area contributed by atoms with Crippen LogP contribution in [-0.4, -0.2) is 18.1 Å². The minimum Gasteiger partial charge on any atom is -0.311 e. The quantitative estimate of drug-likeness (QED) is 0.769. The molecular formula is C10H16BrNS2. The van der Waals surface area contributed by atoms with Gasteiger partial charge in [0.1, 0.15) is 0 Å². The fourth-order valence-electron chi connectivity index (χ4n) is 1.05. The Balaban J connectivity index is 1.99. The van der Waals surface area contributed by atoms with Gasteiger partial charge in [-0.1, -0.05) is 6.92 Å². The Morgan fingerprint density at radius 2 is 2.36 bits per heavy atom. The Morgan fingerprint density at radius 3 is 3.00 bits per heavy atom. The maximum Gasteiger partial charge on any atom is 0.0300 e. The summed E-state index contributed by atoms with van der Waals surface area (Å²) in [6.07, 6.45) is 1.28. The third-order valence-electron chi connectivity index (χ3n) is 1.69. The molecule has 14 heavy (non-hydrogen) atoms. The van der Waals surface area contributed by atoms with Gasteiger partial charge in [0.15, 0.2) is 0 Å². The summed E-state index contributed by atoms with van der Waals surface area (Å²) in [6.45, 7) is 4.34. The monoisotopic (exact) mass is 293 g/mol. The Labute approximate surface area is 103 Å². The third kappa shape index (κ3) is 5.39. The molecule has 1 N–H and O–H groups in total. The van der Waals surface area contributed by atoms with E-state index in [0.717, 1.165) is 13.1 Å². The highest BCUT2D eigenvalue weighted by Crippen LogP contribution is 2.19. The lowest BCUT2D eigenvalue weighted by molar-refractivity contribution is 0.740. The van der Waals surface area contributed by atoms with Crippen LogP contribution in [0, 0.1) is 0 Å². The van der Waals surface area contributed by atoms with Gasteiger partial charge in [-0.05, 0) is 34.2 Å². The molecule has 0 saturated carbocycles. The number of hydrogen-bond donors (Lipinski definition) is 1. The van der Waals surface area contributed by atoms with Crippen molar-refractivity contribution in [1.82, 2.24) is 5.32 Å². The largest absolute Gasteiger partial charge is 0.311 e. The molecule has 0 aliphatic carbocycles. The number of halogens is 1. The summed E-state index contributed by atoms with van der Waals surface area (Å²) >= 11 is 7.28. The zero-order chi connectivity index (χ0) is 10.2. The van der Waals surface area contributed by atoms with Gasteiger partial charge in [0.25, 0.3) is 0 Å². The van der Waals surface area contributed by atoms with Crippen molar-refractivity contribution in [1.29, 1.82) is 0 Å². The Bertz CT molecular complexity index is 250. The lowest BCUT2D eigenvalue weighted by Crippen LogP contribution is -2.15. The lowest BCUT2D eigenvalue weighted by atomic mass is 10.4. The molecule has 1 rings (SSSR count). The summed E-state index contributed by atoms with van der Waals surface area (Å²) in [5.41, 5.74) is 0. The highest BCUT2D eigenvalue weighted by atomic mass is 79.9. The highest BCUT2D eigenvalue weighted by molar-refractivity contribution is 9.10. The van der Waals surface area contributed by atoms with E-state index in [1.54, 1.807) is 11.3 Å². The van der Waals surface area contributed by atoms with Gasteiger partial charge in [-0.25, -0.2) is 0 Å². The van der Waals surface area contributed by atoms with Gasteiger partial charge in [0.05, 0.1) is 0 Å². The van der Waals surface area contributed by atoms with Crippen LogP contribution in [0.25, 0.3) is 0 Å². The number of nitrogens with one attached hydrogen (secondary N) is 1. The van der Waals surface area contributed by atoms with Gasteiger partial charge in [0.2, 0.25) is 0 Å². The molecular weight excluding hydrogens is 278 g/mol. The maximum absolute atomic E-state index is 3.45. The van der Waals surface area contributed by atoms with E-state index < -0.39 is 0 Å².